The Morgan fingerprint density at radius 3 is 2.33 bits per heavy atom. The summed E-state index contributed by atoms with van der Waals surface area (Å²) in [6.07, 6.45) is 2.01. The number of nitrogens with one attached hydrogen (secondary N) is 1. The zero-order valence-corrected chi connectivity index (χ0v) is 12.3. The molecule has 0 saturated carbocycles. The Morgan fingerprint density at radius 2 is 1.94 bits per heavy atom. The highest BCUT2D eigenvalue weighted by Crippen LogP contribution is 2.18. The first kappa shape index (κ1) is 15.1. The predicted molar refractivity (Wildman–Crippen MR) is 78.0 cm³/mol. The van der Waals surface area contributed by atoms with Crippen LogP contribution in [-0.4, -0.2) is 24.2 Å². The van der Waals surface area contributed by atoms with Gasteiger partial charge in [0.25, 0.3) is 5.91 Å². The molecule has 0 bridgehead atoms. The normalized spacial score (nSPS) is 14.3. The average Bonchev–Trinajstić information content (AvgIpc) is 2.38. The van der Waals surface area contributed by atoms with Crippen LogP contribution in [0.2, 0.25) is 0 Å². The van der Waals surface area contributed by atoms with Gasteiger partial charge in [0.2, 0.25) is 0 Å². The highest BCUT2D eigenvalue weighted by Gasteiger charge is 2.28. The van der Waals surface area contributed by atoms with Gasteiger partial charge in [0.1, 0.15) is 0 Å². The van der Waals surface area contributed by atoms with E-state index in [9.17, 15) is 4.79 Å². The largest absolute Gasteiger partial charge is 0.345 e. The fourth-order valence-electron chi connectivity index (χ4n) is 1.50. The third-order valence-electron chi connectivity index (χ3n) is 3.45. The molecule has 1 unspecified atom stereocenters. The first-order valence-electron chi connectivity index (χ1n) is 6.09. The van der Waals surface area contributed by atoms with E-state index in [2.05, 4.69) is 19.2 Å². The van der Waals surface area contributed by atoms with Gasteiger partial charge >= 0.3 is 0 Å². The third kappa shape index (κ3) is 3.50. The lowest BCUT2D eigenvalue weighted by Crippen LogP contribution is -2.55. The third-order valence-corrected chi connectivity index (χ3v) is 4.19. The number of hydrogen-bond donors (Lipinski definition) is 2. The molecule has 4 heteroatoms. The summed E-state index contributed by atoms with van der Waals surface area (Å²) < 4.78 is 0. The van der Waals surface area contributed by atoms with E-state index < -0.39 is 0 Å². The van der Waals surface area contributed by atoms with Gasteiger partial charge in [0.05, 0.1) is 5.54 Å². The van der Waals surface area contributed by atoms with Crippen molar-refractivity contribution in [2.75, 3.05) is 12.8 Å². The summed E-state index contributed by atoms with van der Waals surface area (Å²) >= 11 is 1.66. The van der Waals surface area contributed by atoms with Crippen LogP contribution in [0.3, 0.4) is 0 Å². The molecule has 18 heavy (non-hydrogen) atoms. The van der Waals surface area contributed by atoms with Crippen molar-refractivity contribution in [3.05, 3.63) is 29.8 Å². The number of carbonyl (C=O) groups is 1. The van der Waals surface area contributed by atoms with Gasteiger partial charge < -0.3 is 11.1 Å². The van der Waals surface area contributed by atoms with Crippen molar-refractivity contribution in [1.29, 1.82) is 0 Å². The summed E-state index contributed by atoms with van der Waals surface area (Å²) in [6, 6.07) is 7.60. The summed E-state index contributed by atoms with van der Waals surface area (Å²) in [7, 11) is 0. The Kier molecular flexibility index (Phi) is 5.23. The minimum atomic E-state index is -0.366. The van der Waals surface area contributed by atoms with Crippen LogP contribution in [0.1, 0.15) is 31.1 Å². The fourth-order valence-corrected chi connectivity index (χ4v) is 1.91. The molecule has 1 rings (SSSR count). The summed E-state index contributed by atoms with van der Waals surface area (Å²) in [4.78, 5) is 13.3. The van der Waals surface area contributed by atoms with Crippen molar-refractivity contribution in [1.82, 2.24) is 5.32 Å². The van der Waals surface area contributed by atoms with E-state index in [1.807, 2.05) is 37.4 Å². The molecule has 0 heterocycles. The second kappa shape index (κ2) is 6.25. The van der Waals surface area contributed by atoms with Crippen LogP contribution in [0.15, 0.2) is 29.2 Å². The molecule has 0 aliphatic heterocycles. The first-order valence-corrected chi connectivity index (χ1v) is 7.32. The molecular weight excluding hydrogens is 244 g/mol. The van der Waals surface area contributed by atoms with Crippen molar-refractivity contribution in [3.63, 3.8) is 0 Å². The van der Waals surface area contributed by atoms with Crippen LogP contribution in [0.25, 0.3) is 0 Å². The SMILES string of the molecule is CSc1ccc(C(=O)NC(C)(CN)C(C)C)cc1. The lowest BCUT2D eigenvalue weighted by atomic mass is 9.88. The smallest absolute Gasteiger partial charge is 0.251 e. The van der Waals surface area contributed by atoms with Gasteiger partial charge in [-0.15, -0.1) is 11.8 Å². The molecule has 3 nitrogen and oxygen atoms in total. The highest BCUT2D eigenvalue weighted by molar-refractivity contribution is 7.98. The number of rotatable bonds is 5. The van der Waals surface area contributed by atoms with Gasteiger partial charge in [-0.05, 0) is 43.4 Å². The van der Waals surface area contributed by atoms with Crippen molar-refractivity contribution >= 4 is 17.7 Å². The molecule has 0 saturated heterocycles. The van der Waals surface area contributed by atoms with Crippen molar-refractivity contribution in [2.45, 2.75) is 31.2 Å². The van der Waals surface area contributed by atoms with Gasteiger partial charge in [-0.2, -0.15) is 0 Å². The van der Waals surface area contributed by atoms with Gasteiger partial charge in [-0.1, -0.05) is 13.8 Å². The zero-order chi connectivity index (χ0) is 13.8. The van der Waals surface area contributed by atoms with E-state index in [0.29, 0.717) is 12.1 Å². The van der Waals surface area contributed by atoms with Crippen LogP contribution in [0.5, 0.6) is 0 Å². The minimum Gasteiger partial charge on any atom is -0.345 e. The lowest BCUT2D eigenvalue weighted by molar-refractivity contribution is 0.0883. The summed E-state index contributed by atoms with van der Waals surface area (Å²) in [6.45, 7) is 6.53. The predicted octanol–water partition coefficient (Wildman–Crippen LogP) is 2.51. The molecule has 100 valence electrons. The quantitative estimate of drug-likeness (QED) is 0.805. The number of nitrogens with two attached hydrogens (primary N) is 1. The van der Waals surface area contributed by atoms with E-state index in [0.717, 1.165) is 4.90 Å². The average molecular weight is 266 g/mol. The Balaban J connectivity index is 2.81. The van der Waals surface area contributed by atoms with Crippen LogP contribution in [0, 0.1) is 5.92 Å². The maximum absolute atomic E-state index is 12.1. The molecule has 1 aromatic carbocycles. The number of benzene rings is 1. The van der Waals surface area contributed by atoms with Gasteiger partial charge in [0, 0.05) is 17.0 Å². The van der Waals surface area contributed by atoms with Crippen molar-refractivity contribution in [3.8, 4) is 0 Å². The summed E-state index contributed by atoms with van der Waals surface area (Å²) in [5, 5.41) is 3.03. The molecular formula is C14H22N2OS. The van der Waals surface area contributed by atoms with Crippen molar-refractivity contribution in [2.24, 2.45) is 11.7 Å². The lowest BCUT2D eigenvalue weighted by Gasteiger charge is -2.33. The molecule has 0 aliphatic rings. The minimum absolute atomic E-state index is 0.0655. The second-order valence-electron chi connectivity index (χ2n) is 4.96. The van der Waals surface area contributed by atoms with Crippen molar-refractivity contribution < 1.29 is 4.79 Å². The summed E-state index contributed by atoms with van der Waals surface area (Å²) in [5.74, 6) is 0.223. The molecule has 0 aromatic heterocycles. The van der Waals surface area contributed by atoms with E-state index in [1.165, 1.54) is 0 Å². The summed E-state index contributed by atoms with van der Waals surface area (Å²) in [5.41, 5.74) is 6.07. The zero-order valence-electron chi connectivity index (χ0n) is 11.5. The van der Waals surface area contributed by atoms with E-state index in [-0.39, 0.29) is 17.4 Å². The van der Waals surface area contributed by atoms with Crippen LogP contribution < -0.4 is 11.1 Å². The molecule has 0 aliphatic carbocycles. The van der Waals surface area contributed by atoms with Gasteiger partial charge in [0.15, 0.2) is 0 Å². The Labute approximate surface area is 114 Å². The van der Waals surface area contributed by atoms with Gasteiger partial charge in [-0.3, -0.25) is 4.79 Å². The van der Waals surface area contributed by atoms with E-state index >= 15 is 0 Å². The Hall–Kier alpha value is -1.00. The Morgan fingerprint density at radius 1 is 1.39 bits per heavy atom. The first-order chi connectivity index (χ1) is 8.42. The number of hydrogen-bond acceptors (Lipinski definition) is 3. The Bertz CT molecular complexity index is 403. The topological polar surface area (TPSA) is 55.1 Å². The van der Waals surface area contributed by atoms with Gasteiger partial charge in [-0.25, -0.2) is 0 Å². The molecule has 0 spiro atoms. The van der Waals surface area contributed by atoms with Crippen LogP contribution >= 0.6 is 11.8 Å². The number of thioether (sulfide) groups is 1. The number of amides is 1. The highest BCUT2D eigenvalue weighted by atomic mass is 32.2. The second-order valence-corrected chi connectivity index (χ2v) is 5.84. The van der Waals surface area contributed by atoms with E-state index in [1.54, 1.807) is 11.8 Å². The molecule has 1 amide bonds. The number of carbonyl (C=O) groups excluding carboxylic acids is 1. The maximum Gasteiger partial charge on any atom is 0.251 e. The molecule has 1 atom stereocenters. The molecule has 0 fully saturated rings. The van der Waals surface area contributed by atoms with Crippen LogP contribution in [-0.2, 0) is 0 Å². The molecule has 0 radical (unpaired) electrons. The fraction of sp³-hybridized carbons (Fsp3) is 0.500. The molecule has 1 aromatic rings. The monoisotopic (exact) mass is 266 g/mol. The standard InChI is InChI=1S/C14H22N2OS/c1-10(2)14(3,9-15)16-13(17)11-5-7-12(18-4)8-6-11/h5-8,10H,9,15H2,1-4H3,(H,16,17). The maximum atomic E-state index is 12.1. The van der Waals surface area contributed by atoms with E-state index in [4.69, 9.17) is 5.73 Å². The molecule has 3 N–H and O–H groups in total. The van der Waals surface area contributed by atoms with Crippen LogP contribution in [0.4, 0.5) is 0 Å².